The fourth-order valence-corrected chi connectivity index (χ4v) is 3.26. The zero-order chi connectivity index (χ0) is 17.3. The molecule has 1 aliphatic rings. The van der Waals surface area contributed by atoms with Crippen LogP contribution < -0.4 is 4.74 Å². The topological polar surface area (TPSA) is 60.4 Å². The minimum Gasteiger partial charge on any atom is -0.426 e. The Morgan fingerprint density at radius 2 is 1.83 bits per heavy atom. The van der Waals surface area contributed by atoms with Crippen LogP contribution >= 0.6 is 11.6 Å². The van der Waals surface area contributed by atoms with Gasteiger partial charge in [0.15, 0.2) is 5.78 Å². The molecule has 1 aliphatic carbocycles. The van der Waals surface area contributed by atoms with Gasteiger partial charge < -0.3 is 4.74 Å². The molecule has 0 bridgehead atoms. The highest BCUT2D eigenvalue weighted by Crippen LogP contribution is 2.39. The van der Waals surface area contributed by atoms with E-state index in [0.29, 0.717) is 24.0 Å². The largest absolute Gasteiger partial charge is 0.426 e. The molecule has 0 heterocycles. The smallest absolute Gasteiger partial charge is 0.308 e. The van der Waals surface area contributed by atoms with E-state index in [1.54, 1.807) is 36.4 Å². The van der Waals surface area contributed by atoms with E-state index in [2.05, 4.69) is 0 Å². The number of aryl methyl sites for hydroxylation is 1. The molecule has 1 unspecified atom stereocenters. The van der Waals surface area contributed by atoms with Crippen molar-refractivity contribution in [1.82, 2.24) is 0 Å². The van der Waals surface area contributed by atoms with Crippen LogP contribution in [0.4, 0.5) is 0 Å². The van der Waals surface area contributed by atoms with E-state index < -0.39 is 17.1 Å². The molecule has 2 aromatic rings. The summed E-state index contributed by atoms with van der Waals surface area (Å²) in [5.74, 6) is -1.00. The van der Waals surface area contributed by atoms with Crippen molar-refractivity contribution in [3.8, 4) is 5.75 Å². The Morgan fingerprint density at radius 1 is 1.12 bits per heavy atom. The summed E-state index contributed by atoms with van der Waals surface area (Å²) in [5.41, 5.74) is 2.45. The maximum Gasteiger partial charge on any atom is 0.308 e. The molecule has 0 fully saturated rings. The molecule has 122 valence electrons. The first-order valence-corrected chi connectivity index (χ1v) is 7.99. The summed E-state index contributed by atoms with van der Waals surface area (Å²) in [6.45, 7) is 1.27. The van der Waals surface area contributed by atoms with E-state index in [1.165, 1.54) is 6.92 Å². The Labute approximate surface area is 144 Å². The van der Waals surface area contributed by atoms with Gasteiger partial charge in [-0.15, -0.1) is 0 Å². The fourth-order valence-electron chi connectivity index (χ4n) is 3.03. The van der Waals surface area contributed by atoms with Crippen molar-refractivity contribution in [3.63, 3.8) is 0 Å². The molecular weight excluding hydrogens is 328 g/mol. The van der Waals surface area contributed by atoms with Crippen LogP contribution in [-0.4, -0.2) is 17.0 Å². The quantitative estimate of drug-likeness (QED) is 0.368. The van der Waals surface area contributed by atoms with Crippen LogP contribution in [0, 0.1) is 0 Å². The number of benzene rings is 2. The van der Waals surface area contributed by atoms with Gasteiger partial charge in [0.25, 0.3) is 0 Å². The van der Waals surface area contributed by atoms with Gasteiger partial charge >= 0.3 is 5.97 Å². The molecule has 0 amide bonds. The third kappa shape index (κ3) is 3.10. The van der Waals surface area contributed by atoms with E-state index in [4.69, 9.17) is 16.3 Å². The second-order valence-electron chi connectivity index (χ2n) is 5.73. The van der Waals surface area contributed by atoms with Crippen molar-refractivity contribution in [1.29, 1.82) is 0 Å². The second kappa shape index (κ2) is 6.57. The summed E-state index contributed by atoms with van der Waals surface area (Å²) >= 11 is 5.65. The predicted molar refractivity (Wildman–Crippen MR) is 89.5 cm³/mol. The SMILES string of the molecule is CC(=O)Oc1cc2c(cc1C(=O)c1ccccc1)CCC2C(=O)Cl. The molecule has 0 saturated heterocycles. The molecule has 0 saturated carbocycles. The van der Waals surface area contributed by atoms with E-state index in [-0.39, 0.29) is 11.5 Å². The molecule has 0 aromatic heterocycles. The summed E-state index contributed by atoms with van der Waals surface area (Å²) in [6.07, 6.45) is 1.26. The van der Waals surface area contributed by atoms with Crippen molar-refractivity contribution in [3.05, 3.63) is 64.7 Å². The van der Waals surface area contributed by atoms with Gasteiger partial charge in [-0.1, -0.05) is 30.3 Å². The van der Waals surface area contributed by atoms with Crippen LogP contribution in [0.3, 0.4) is 0 Å². The Hall–Kier alpha value is -2.46. The number of fused-ring (bicyclic) bond motifs is 1. The summed E-state index contributed by atoms with van der Waals surface area (Å²) in [5, 5.41) is -0.440. The average Bonchev–Trinajstić information content (AvgIpc) is 2.96. The predicted octanol–water partition coefficient (Wildman–Crippen LogP) is 3.64. The lowest BCUT2D eigenvalue weighted by Gasteiger charge is -2.13. The van der Waals surface area contributed by atoms with Crippen LogP contribution in [0.15, 0.2) is 42.5 Å². The van der Waals surface area contributed by atoms with Crippen LogP contribution in [0.5, 0.6) is 5.75 Å². The maximum absolute atomic E-state index is 12.8. The highest BCUT2D eigenvalue weighted by Gasteiger charge is 2.30. The first-order chi connectivity index (χ1) is 11.5. The van der Waals surface area contributed by atoms with Gasteiger partial charge in [-0.3, -0.25) is 14.4 Å². The molecule has 0 radical (unpaired) electrons. The van der Waals surface area contributed by atoms with E-state index in [9.17, 15) is 14.4 Å². The number of carbonyl (C=O) groups is 3. The summed E-state index contributed by atoms with van der Waals surface area (Å²) < 4.78 is 5.23. The Kier molecular flexibility index (Phi) is 4.49. The Morgan fingerprint density at radius 3 is 2.46 bits per heavy atom. The number of ether oxygens (including phenoxy) is 1. The van der Waals surface area contributed by atoms with Crippen LogP contribution in [-0.2, 0) is 16.0 Å². The normalized spacial score (nSPS) is 15.7. The lowest BCUT2D eigenvalue weighted by Crippen LogP contribution is -2.11. The van der Waals surface area contributed by atoms with E-state index in [0.717, 1.165) is 11.1 Å². The van der Waals surface area contributed by atoms with E-state index >= 15 is 0 Å². The summed E-state index contributed by atoms with van der Waals surface area (Å²) in [4.78, 5) is 35.8. The van der Waals surface area contributed by atoms with Gasteiger partial charge in [0.1, 0.15) is 5.75 Å². The van der Waals surface area contributed by atoms with Crippen molar-refractivity contribution in [2.45, 2.75) is 25.7 Å². The van der Waals surface area contributed by atoms with Gasteiger partial charge in [0.2, 0.25) is 5.24 Å². The lowest BCUT2D eigenvalue weighted by atomic mass is 9.96. The number of hydrogen-bond donors (Lipinski definition) is 0. The second-order valence-corrected chi connectivity index (χ2v) is 6.10. The molecule has 4 nitrogen and oxygen atoms in total. The Bertz CT molecular complexity index is 827. The average molecular weight is 343 g/mol. The number of esters is 1. The maximum atomic E-state index is 12.8. The summed E-state index contributed by atoms with van der Waals surface area (Å²) in [6, 6.07) is 12.1. The minimum atomic E-state index is -0.524. The zero-order valence-corrected chi connectivity index (χ0v) is 13.8. The molecule has 0 aliphatic heterocycles. The van der Waals surface area contributed by atoms with Crippen molar-refractivity contribution < 1.29 is 19.1 Å². The molecule has 1 atom stereocenters. The monoisotopic (exact) mass is 342 g/mol. The third-order valence-corrected chi connectivity index (χ3v) is 4.39. The first-order valence-electron chi connectivity index (χ1n) is 7.61. The fraction of sp³-hybridized carbons (Fsp3) is 0.211. The van der Waals surface area contributed by atoms with Gasteiger partial charge in [0.05, 0.1) is 11.5 Å². The molecule has 3 rings (SSSR count). The first kappa shape index (κ1) is 16.4. The Balaban J connectivity index is 2.10. The van der Waals surface area contributed by atoms with Crippen LogP contribution in [0.1, 0.15) is 46.3 Å². The molecule has 0 spiro atoms. The van der Waals surface area contributed by atoms with Gasteiger partial charge in [0, 0.05) is 12.5 Å². The zero-order valence-electron chi connectivity index (χ0n) is 13.0. The molecular formula is C19H15ClO4. The molecule has 24 heavy (non-hydrogen) atoms. The highest BCUT2D eigenvalue weighted by atomic mass is 35.5. The number of ketones is 1. The number of halogens is 1. The van der Waals surface area contributed by atoms with E-state index in [1.807, 2.05) is 6.07 Å². The van der Waals surface area contributed by atoms with Gasteiger partial charge in [-0.2, -0.15) is 0 Å². The lowest BCUT2D eigenvalue weighted by molar-refractivity contribution is -0.131. The molecule has 5 heteroatoms. The molecule has 2 aromatic carbocycles. The number of carbonyl (C=O) groups excluding carboxylic acids is 3. The van der Waals surface area contributed by atoms with Crippen LogP contribution in [0.25, 0.3) is 0 Å². The number of rotatable bonds is 4. The summed E-state index contributed by atoms with van der Waals surface area (Å²) in [7, 11) is 0. The highest BCUT2D eigenvalue weighted by molar-refractivity contribution is 6.64. The third-order valence-electron chi connectivity index (χ3n) is 4.13. The van der Waals surface area contributed by atoms with Gasteiger partial charge in [-0.25, -0.2) is 0 Å². The number of hydrogen-bond acceptors (Lipinski definition) is 4. The van der Waals surface area contributed by atoms with Crippen molar-refractivity contribution in [2.24, 2.45) is 0 Å². The van der Waals surface area contributed by atoms with Gasteiger partial charge in [-0.05, 0) is 47.7 Å². The van der Waals surface area contributed by atoms with Crippen molar-refractivity contribution in [2.75, 3.05) is 0 Å². The van der Waals surface area contributed by atoms with Crippen molar-refractivity contribution >= 4 is 28.6 Å². The minimum absolute atomic E-state index is 0.167. The molecule has 0 N–H and O–H groups in total. The standard InChI is InChI=1S/C19H15ClO4/c1-11(21)24-17-10-15-13(7-8-14(15)19(20)23)9-16(17)18(22)12-5-3-2-4-6-12/h2-6,9-10,14H,7-8H2,1H3. The van der Waals surface area contributed by atoms with Crippen LogP contribution in [0.2, 0.25) is 0 Å².